The summed E-state index contributed by atoms with van der Waals surface area (Å²) in [6, 6.07) is 42.3. The monoisotopic (exact) mass is 687 g/mol. The van der Waals surface area contributed by atoms with Crippen molar-refractivity contribution in [2.75, 3.05) is 5.75 Å². The fourth-order valence-electron chi connectivity index (χ4n) is 5.82. The standard InChI is InChI=1S/C40H37N3O4S2/c44-25-28-13-15-31(16-14-28)36-22-34(26-48-40-43-35-11-4-5-12-37(35)49-40)46-38(47-36)32-19-17-30(18-20-32)33-10-6-9-29(21-33)24-42-39(45)41-23-27-7-2-1-3-8-27/h1-21,34,36,38,44H,22-26H2,(H2,41,42,45)/t34-,36+,38+/m0/s1. The summed E-state index contributed by atoms with van der Waals surface area (Å²) in [5, 5.41) is 15.4. The summed E-state index contributed by atoms with van der Waals surface area (Å²) in [5.74, 6) is 0.758. The molecule has 1 aliphatic rings. The van der Waals surface area contributed by atoms with E-state index in [1.807, 2.05) is 84.9 Å². The molecular weight excluding hydrogens is 651 g/mol. The topological polar surface area (TPSA) is 92.7 Å². The minimum Gasteiger partial charge on any atom is -0.392 e. The van der Waals surface area contributed by atoms with Crippen LogP contribution in [-0.2, 0) is 29.2 Å². The Morgan fingerprint density at radius 2 is 1.47 bits per heavy atom. The third-order valence-electron chi connectivity index (χ3n) is 8.47. The summed E-state index contributed by atoms with van der Waals surface area (Å²) in [4.78, 5) is 17.2. The van der Waals surface area contributed by atoms with Crippen LogP contribution in [0.3, 0.4) is 0 Å². The van der Waals surface area contributed by atoms with Gasteiger partial charge in [-0.15, -0.1) is 11.3 Å². The van der Waals surface area contributed by atoms with Crippen molar-refractivity contribution in [1.29, 1.82) is 0 Å². The zero-order valence-corrected chi connectivity index (χ0v) is 28.5. The van der Waals surface area contributed by atoms with Gasteiger partial charge in [-0.3, -0.25) is 0 Å². The van der Waals surface area contributed by atoms with Gasteiger partial charge in [-0.2, -0.15) is 0 Å². The average molecular weight is 688 g/mol. The highest BCUT2D eigenvalue weighted by atomic mass is 32.2. The highest BCUT2D eigenvalue weighted by molar-refractivity contribution is 8.01. The van der Waals surface area contributed by atoms with Crippen molar-refractivity contribution in [2.24, 2.45) is 0 Å². The molecule has 7 rings (SSSR count). The number of urea groups is 1. The van der Waals surface area contributed by atoms with E-state index < -0.39 is 6.29 Å². The number of hydrogen-bond acceptors (Lipinski definition) is 7. The lowest BCUT2D eigenvalue weighted by molar-refractivity contribution is -0.245. The first-order valence-electron chi connectivity index (χ1n) is 16.3. The Labute approximate surface area is 294 Å². The molecule has 5 aromatic carbocycles. The minimum absolute atomic E-state index is 0.00876. The van der Waals surface area contributed by atoms with Crippen molar-refractivity contribution in [3.05, 3.63) is 155 Å². The fourth-order valence-corrected chi connectivity index (χ4v) is 7.93. The van der Waals surface area contributed by atoms with Gasteiger partial charge in [0.1, 0.15) is 0 Å². The Balaban J connectivity index is 1.02. The zero-order chi connectivity index (χ0) is 33.4. The van der Waals surface area contributed by atoms with Crippen LogP contribution in [0.2, 0.25) is 0 Å². The van der Waals surface area contributed by atoms with Crippen molar-refractivity contribution < 1.29 is 19.4 Å². The predicted molar refractivity (Wildman–Crippen MR) is 196 cm³/mol. The third-order valence-corrected chi connectivity index (χ3v) is 10.8. The molecule has 2 amide bonds. The van der Waals surface area contributed by atoms with Crippen molar-refractivity contribution in [3.8, 4) is 11.1 Å². The van der Waals surface area contributed by atoms with Crippen LogP contribution in [0.4, 0.5) is 4.79 Å². The number of aliphatic hydroxyl groups excluding tert-OH is 1. The molecule has 7 nitrogen and oxygen atoms in total. The van der Waals surface area contributed by atoms with Gasteiger partial charge in [-0.05, 0) is 51.6 Å². The molecule has 248 valence electrons. The molecule has 0 radical (unpaired) electrons. The Bertz CT molecular complexity index is 1950. The van der Waals surface area contributed by atoms with E-state index in [1.165, 1.54) is 4.70 Å². The van der Waals surface area contributed by atoms with Gasteiger partial charge in [-0.25, -0.2) is 9.78 Å². The second-order valence-electron chi connectivity index (χ2n) is 12.0. The Morgan fingerprint density at radius 1 is 0.755 bits per heavy atom. The Morgan fingerprint density at radius 3 is 2.24 bits per heavy atom. The lowest BCUT2D eigenvalue weighted by Gasteiger charge is -2.36. The molecule has 1 fully saturated rings. The number of rotatable bonds is 11. The molecule has 0 aliphatic carbocycles. The van der Waals surface area contributed by atoms with E-state index in [0.29, 0.717) is 13.1 Å². The summed E-state index contributed by atoms with van der Waals surface area (Å²) >= 11 is 3.43. The van der Waals surface area contributed by atoms with Crippen LogP contribution >= 0.6 is 23.1 Å². The highest BCUT2D eigenvalue weighted by Crippen LogP contribution is 2.40. The van der Waals surface area contributed by atoms with E-state index in [0.717, 1.165) is 61.0 Å². The van der Waals surface area contributed by atoms with Crippen LogP contribution in [0.1, 0.15) is 46.6 Å². The number of ether oxygens (including phenoxy) is 2. The van der Waals surface area contributed by atoms with Crippen LogP contribution in [0.25, 0.3) is 21.3 Å². The van der Waals surface area contributed by atoms with Gasteiger partial charge in [0, 0.05) is 30.8 Å². The predicted octanol–water partition coefficient (Wildman–Crippen LogP) is 8.79. The summed E-state index contributed by atoms with van der Waals surface area (Å²) < 4.78 is 15.4. The molecular formula is C40H37N3O4S2. The first-order valence-corrected chi connectivity index (χ1v) is 18.1. The number of para-hydroxylation sites is 1. The number of hydrogen-bond donors (Lipinski definition) is 3. The molecule has 49 heavy (non-hydrogen) atoms. The molecule has 2 heterocycles. The van der Waals surface area contributed by atoms with Gasteiger partial charge in [0.05, 0.1) is 29.0 Å². The lowest BCUT2D eigenvalue weighted by atomic mass is 9.99. The molecule has 1 aliphatic heterocycles. The maximum Gasteiger partial charge on any atom is 0.315 e. The minimum atomic E-state index is -0.531. The van der Waals surface area contributed by atoms with Crippen molar-refractivity contribution in [2.45, 2.75) is 49.0 Å². The molecule has 0 unspecified atom stereocenters. The number of thioether (sulfide) groups is 1. The second kappa shape index (κ2) is 15.8. The average Bonchev–Trinajstić information content (AvgIpc) is 3.59. The van der Waals surface area contributed by atoms with Crippen LogP contribution in [-0.4, -0.2) is 28.0 Å². The van der Waals surface area contributed by atoms with Crippen LogP contribution < -0.4 is 10.6 Å². The van der Waals surface area contributed by atoms with Gasteiger partial charge in [0.15, 0.2) is 10.6 Å². The van der Waals surface area contributed by atoms with Crippen molar-refractivity contribution in [1.82, 2.24) is 15.6 Å². The number of amides is 2. The summed E-state index contributed by atoms with van der Waals surface area (Å²) in [6.45, 7) is 0.912. The van der Waals surface area contributed by atoms with Crippen molar-refractivity contribution >= 4 is 39.3 Å². The molecule has 0 saturated carbocycles. The second-order valence-corrected chi connectivity index (χ2v) is 14.3. The Hall–Kier alpha value is -4.51. The third kappa shape index (κ3) is 8.57. The first kappa shape index (κ1) is 33.0. The number of carbonyl (C=O) groups is 1. The molecule has 0 spiro atoms. The fraction of sp³-hybridized carbons (Fsp3) is 0.200. The SMILES string of the molecule is O=C(NCc1ccccc1)NCc1cccc(-c2ccc([C@@H]3O[C@H](CSc4nc5ccccc5s4)C[C@H](c4ccc(CO)cc4)O3)cc2)c1. The molecule has 9 heteroatoms. The number of benzene rings is 5. The maximum absolute atomic E-state index is 12.4. The number of aliphatic hydroxyl groups is 1. The lowest BCUT2D eigenvalue weighted by Crippen LogP contribution is -2.34. The number of carbonyl (C=O) groups excluding carboxylic acids is 1. The largest absolute Gasteiger partial charge is 0.392 e. The van der Waals surface area contributed by atoms with Crippen LogP contribution in [0.15, 0.2) is 132 Å². The zero-order valence-electron chi connectivity index (χ0n) is 26.8. The molecule has 3 N–H and O–H groups in total. The van der Waals surface area contributed by atoms with Gasteiger partial charge in [0.25, 0.3) is 0 Å². The quantitative estimate of drug-likeness (QED) is 0.118. The van der Waals surface area contributed by atoms with Crippen molar-refractivity contribution in [3.63, 3.8) is 0 Å². The number of thiazole rings is 1. The van der Waals surface area contributed by atoms with Gasteiger partial charge in [-0.1, -0.05) is 121 Å². The number of nitrogens with one attached hydrogen (secondary N) is 2. The molecule has 6 aromatic rings. The molecule has 1 aromatic heterocycles. The van der Waals surface area contributed by atoms with E-state index in [2.05, 4.69) is 53.1 Å². The van der Waals surface area contributed by atoms with Gasteiger partial charge < -0.3 is 25.2 Å². The van der Waals surface area contributed by atoms with E-state index >= 15 is 0 Å². The summed E-state index contributed by atoms with van der Waals surface area (Å²) in [6.07, 6.45) is -0.0137. The maximum atomic E-state index is 12.4. The smallest absolute Gasteiger partial charge is 0.315 e. The van der Waals surface area contributed by atoms with Gasteiger partial charge >= 0.3 is 6.03 Å². The van der Waals surface area contributed by atoms with E-state index in [1.54, 1.807) is 23.1 Å². The number of aromatic nitrogens is 1. The van der Waals surface area contributed by atoms with Crippen LogP contribution in [0, 0.1) is 0 Å². The van der Waals surface area contributed by atoms with Crippen LogP contribution in [0.5, 0.6) is 0 Å². The number of nitrogens with zero attached hydrogens (tertiary/aromatic N) is 1. The van der Waals surface area contributed by atoms with E-state index in [4.69, 9.17) is 14.5 Å². The molecule has 3 atom stereocenters. The Kier molecular flexibility index (Phi) is 10.6. The summed E-state index contributed by atoms with van der Waals surface area (Å²) in [5.41, 5.74) is 8.10. The van der Waals surface area contributed by atoms with E-state index in [9.17, 15) is 9.90 Å². The first-order chi connectivity index (χ1) is 24.1. The molecule has 0 bridgehead atoms. The van der Waals surface area contributed by atoms with E-state index in [-0.39, 0.29) is 24.8 Å². The number of fused-ring (bicyclic) bond motifs is 1. The summed E-state index contributed by atoms with van der Waals surface area (Å²) in [7, 11) is 0. The normalized spacial score (nSPS) is 17.5. The molecule has 1 saturated heterocycles. The van der Waals surface area contributed by atoms with Gasteiger partial charge in [0.2, 0.25) is 0 Å². The highest BCUT2D eigenvalue weighted by Gasteiger charge is 2.32.